The third-order valence-electron chi connectivity index (χ3n) is 6.06. The molecule has 0 aromatic carbocycles. The lowest BCUT2D eigenvalue weighted by atomic mass is 9.87. The van der Waals surface area contributed by atoms with E-state index >= 15 is 0 Å². The highest BCUT2D eigenvalue weighted by Gasteiger charge is 2.95. The molecule has 0 heterocycles. The number of halogens is 17. The van der Waals surface area contributed by atoms with E-state index in [1.165, 1.54) is 0 Å². The smallest absolute Gasteiger partial charge is 0.368 e. The average Bonchev–Trinajstić information content (AvgIpc) is 2.83. The number of hydrogen-bond donors (Lipinski definition) is 3. The number of hydrogen-bond acceptors (Lipinski definition) is 3. The second-order valence-electron chi connectivity index (χ2n) is 9.37. The maximum absolute atomic E-state index is 13.9. The predicted octanol–water partition coefficient (Wildman–Crippen LogP) is 6.44. The standard InChI is InChI=1S/C21H26F17N3O2/c22-14(23,9-5-2-1-3-8-12(42)41-11(13(40)43)7-4-6-10-39)15(24,25)16(26,27)17(28,29)18(30,31)19(32,33)20(34,35)21(36,37)38/h11H,1-10,39H2,(H2,40,43)(H,41,42). The molecule has 0 bridgehead atoms. The van der Waals surface area contributed by atoms with Crippen LogP contribution in [0.15, 0.2) is 0 Å². The van der Waals surface area contributed by atoms with Gasteiger partial charge < -0.3 is 16.8 Å². The monoisotopic (exact) mass is 675 g/mol. The molecule has 0 spiro atoms. The molecule has 0 fully saturated rings. The van der Waals surface area contributed by atoms with E-state index in [9.17, 15) is 84.2 Å². The molecule has 22 heteroatoms. The molecule has 0 aromatic heterocycles. The van der Waals surface area contributed by atoms with Crippen LogP contribution < -0.4 is 16.8 Å². The number of rotatable bonds is 19. The second kappa shape index (κ2) is 13.8. The van der Waals surface area contributed by atoms with Gasteiger partial charge in [-0.3, -0.25) is 9.59 Å². The van der Waals surface area contributed by atoms with Gasteiger partial charge in [0, 0.05) is 12.8 Å². The van der Waals surface area contributed by atoms with Crippen molar-refractivity contribution >= 4 is 11.8 Å². The van der Waals surface area contributed by atoms with E-state index in [0.717, 1.165) is 0 Å². The summed E-state index contributed by atoms with van der Waals surface area (Å²) in [5.74, 6) is -58.1. The Morgan fingerprint density at radius 3 is 1.40 bits per heavy atom. The van der Waals surface area contributed by atoms with Gasteiger partial charge in [-0.1, -0.05) is 12.8 Å². The van der Waals surface area contributed by atoms with Crippen LogP contribution >= 0.6 is 0 Å². The zero-order valence-electron chi connectivity index (χ0n) is 21.5. The third kappa shape index (κ3) is 8.06. The summed E-state index contributed by atoms with van der Waals surface area (Å²) in [5.41, 5.74) is 10.4. The Hall–Kier alpha value is -2.29. The fraction of sp³-hybridized carbons (Fsp3) is 0.905. The predicted molar refractivity (Wildman–Crippen MR) is 112 cm³/mol. The minimum absolute atomic E-state index is 0.111. The highest BCUT2D eigenvalue weighted by atomic mass is 19.4. The van der Waals surface area contributed by atoms with Crippen LogP contribution in [-0.2, 0) is 9.59 Å². The summed E-state index contributed by atoms with van der Waals surface area (Å²) in [6, 6.07) is -1.10. The van der Waals surface area contributed by atoms with E-state index < -0.39 is 91.2 Å². The van der Waals surface area contributed by atoms with Crippen molar-refractivity contribution in [2.75, 3.05) is 6.54 Å². The van der Waals surface area contributed by atoms with Gasteiger partial charge in [-0.2, -0.15) is 74.6 Å². The Kier molecular flexibility index (Phi) is 13.0. The van der Waals surface area contributed by atoms with E-state index in [1.807, 2.05) is 0 Å². The normalized spacial score (nSPS) is 15.4. The first kappa shape index (κ1) is 40.7. The number of unbranched alkanes of at least 4 members (excludes halogenated alkanes) is 4. The molecule has 0 saturated heterocycles. The van der Waals surface area contributed by atoms with Crippen molar-refractivity contribution in [1.82, 2.24) is 5.32 Å². The Bertz CT molecular complexity index is 938. The molecule has 0 saturated carbocycles. The minimum Gasteiger partial charge on any atom is -0.368 e. The van der Waals surface area contributed by atoms with Crippen molar-refractivity contribution in [1.29, 1.82) is 0 Å². The number of primary amides is 1. The number of carbonyl (C=O) groups is 2. The quantitative estimate of drug-likeness (QED) is 0.109. The fourth-order valence-corrected chi connectivity index (χ4v) is 3.38. The van der Waals surface area contributed by atoms with Gasteiger partial charge in [-0.05, 0) is 38.6 Å². The summed E-state index contributed by atoms with van der Waals surface area (Å²) in [6.07, 6.45) is -12.2. The van der Waals surface area contributed by atoms with Gasteiger partial charge in [0.1, 0.15) is 6.04 Å². The summed E-state index contributed by atoms with van der Waals surface area (Å²) in [7, 11) is 0. The lowest BCUT2D eigenvalue weighted by Gasteiger charge is -2.42. The molecular weight excluding hydrogens is 649 g/mol. The van der Waals surface area contributed by atoms with Crippen LogP contribution in [0.1, 0.15) is 57.8 Å². The number of alkyl halides is 17. The summed E-state index contributed by atoms with van der Waals surface area (Å²) >= 11 is 0. The van der Waals surface area contributed by atoms with E-state index in [4.69, 9.17) is 11.5 Å². The summed E-state index contributed by atoms with van der Waals surface area (Å²) in [5, 5.41) is 2.23. The van der Waals surface area contributed by atoms with Gasteiger partial charge in [0.25, 0.3) is 0 Å². The molecule has 0 aliphatic carbocycles. The van der Waals surface area contributed by atoms with E-state index in [1.54, 1.807) is 0 Å². The Morgan fingerprint density at radius 1 is 0.558 bits per heavy atom. The van der Waals surface area contributed by atoms with Crippen LogP contribution in [0.4, 0.5) is 74.6 Å². The zero-order valence-corrected chi connectivity index (χ0v) is 21.5. The van der Waals surface area contributed by atoms with Crippen LogP contribution in [0.3, 0.4) is 0 Å². The van der Waals surface area contributed by atoms with E-state index in [-0.39, 0.29) is 25.8 Å². The lowest BCUT2D eigenvalue weighted by Crippen LogP contribution is -2.74. The molecule has 1 unspecified atom stereocenters. The number of nitrogens with two attached hydrogens (primary N) is 2. The highest BCUT2D eigenvalue weighted by Crippen LogP contribution is 2.64. The highest BCUT2D eigenvalue weighted by molar-refractivity contribution is 5.86. The van der Waals surface area contributed by atoms with Crippen LogP contribution in [0.2, 0.25) is 0 Å². The van der Waals surface area contributed by atoms with Gasteiger partial charge in [-0.15, -0.1) is 0 Å². The molecule has 0 radical (unpaired) electrons. The molecule has 0 aliphatic heterocycles. The molecular formula is C21H26F17N3O2. The first-order chi connectivity index (χ1) is 19.0. The molecule has 256 valence electrons. The van der Waals surface area contributed by atoms with Crippen molar-refractivity contribution in [2.24, 2.45) is 11.5 Å². The molecule has 5 N–H and O–H groups in total. The largest absolute Gasteiger partial charge is 0.460 e. The van der Waals surface area contributed by atoms with Crippen molar-refractivity contribution in [3.8, 4) is 0 Å². The number of amides is 2. The van der Waals surface area contributed by atoms with Gasteiger partial charge in [0.2, 0.25) is 11.8 Å². The van der Waals surface area contributed by atoms with Crippen molar-refractivity contribution in [2.45, 2.75) is 111 Å². The summed E-state index contributed by atoms with van der Waals surface area (Å²) in [4.78, 5) is 23.2. The first-order valence-corrected chi connectivity index (χ1v) is 12.0. The van der Waals surface area contributed by atoms with Crippen LogP contribution in [0, 0.1) is 0 Å². The van der Waals surface area contributed by atoms with E-state index in [2.05, 4.69) is 5.32 Å². The minimum atomic E-state index is -8.65. The van der Waals surface area contributed by atoms with E-state index in [0.29, 0.717) is 12.8 Å². The SMILES string of the molecule is NCCCCC(NC(=O)CCCCCCC(F)(F)C(F)(F)C(F)(F)C(F)(F)C(F)(F)C(F)(F)C(F)(F)C(F)(F)F)C(N)=O. The third-order valence-corrected chi connectivity index (χ3v) is 6.06. The number of nitrogens with one attached hydrogen (secondary N) is 1. The summed E-state index contributed by atoms with van der Waals surface area (Å²) in [6.45, 7) is 0.272. The first-order valence-electron chi connectivity index (χ1n) is 12.0. The molecule has 2 amide bonds. The second-order valence-corrected chi connectivity index (χ2v) is 9.37. The number of carbonyl (C=O) groups excluding carboxylic acids is 2. The van der Waals surface area contributed by atoms with Crippen LogP contribution in [-0.4, -0.2) is 72.0 Å². The Balaban J connectivity index is 5.45. The van der Waals surface area contributed by atoms with Crippen LogP contribution in [0.5, 0.6) is 0 Å². The topological polar surface area (TPSA) is 98.2 Å². The maximum Gasteiger partial charge on any atom is 0.460 e. The molecule has 0 aromatic rings. The van der Waals surface area contributed by atoms with Crippen molar-refractivity contribution in [3.63, 3.8) is 0 Å². The molecule has 0 rings (SSSR count). The van der Waals surface area contributed by atoms with Crippen LogP contribution in [0.25, 0.3) is 0 Å². The van der Waals surface area contributed by atoms with Gasteiger partial charge in [0.15, 0.2) is 0 Å². The van der Waals surface area contributed by atoms with Gasteiger partial charge >= 0.3 is 47.6 Å². The van der Waals surface area contributed by atoms with Gasteiger partial charge in [-0.25, -0.2) is 0 Å². The Labute approximate surface area is 231 Å². The average molecular weight is 675 g/mol. The lowest BCUT2D eigenvalue weighted by molar-refractivity contribution is -0.461. The Morgan fingerprint density at radius 2 is 0.977 bits per heavy atom. The fourth-order valence-electron chi connectivity index (χ4n) is 3.38. The zero-order chi connectivity index (χ0) is 34.5. The van der Waals surface area contributed by atoms with Crippen molar-refractivity contribution in [3.05, 3.63) is 0 Å². The summed E-state index contributed by atoms with van der Waals surface area (Å²) < 4.78 is 225. The molecule has 5 nitrogen and oxygen atoms in total. The maximum atomic E-state index is 13.9. The van der Waals surface area contributed by atoms with Crippen molar-refractivity contribution < 1.29 is 84.2 Å². The molecule has 0 aliphatic rings. The molecule has 1 atom stereocenters. The molecule has 43 heavy (non-hydrogen) atoms. The van der Waals surface area contributed by atoms with Gasteiger partial charge in [0.05, 0.1) is 0 Å².